The summed E-state index contributed by atoms with van der Waals surface area (Å²) in [6, 6.07) is -0.989. The summed E-state index contributed by atoms with van der Waals surface area (Å²) in [6.07, 6.45) is -1.18. The highest BCUT2D eigenvalue weighted by Gasteiger charge is 2.21. The van der Waals surface area contributed by atoms with Gasteiger partial charge in [0.2, 0.25) is 17.7 Å². The summed E-state index contributed by atoms with van der Waals surface area (Å²) < 4.78 is 53.6. The number of amides is 4. The summed E-state index contributed by atoms with van der Waals surface area (Å²) in [7, 11) is 0. The molecule has 0 spiro atoms. The molecule has 5 N–H and O–H groups in total. The van der Waals surface area contributed by atoms with E-state index in [1.807, 2.05) is 0 Å². The Kier molecular flexibility index (Phi) is 40.9. The Morgan fingerprint density at radius 3 is 1.24 bits per heavy atom. The highest BCUT2D eigenvalue weighted by atomic mass is 16.6. The number of carboxylic acid groups (broad SMARTS) is 1. The lowest BCUT2D eigenvalue weighted by atomic mass is 10.1. The van der Waals surface area contributed by atoms with E-state index in [2.05, 4.69) is 41.3 Å². The molecule has 0 rings (SSSR count). The van der Waals surface area contributed by atoms with E-state index in [0.29, 0.717) is 85.9 Å². The van der Waals surface area contributed by atoms with Crippen molar-refractivity contribution in [2.75, 3.05) is 165 Å². The topological polar surface area (TPSA) is 326 Å². The first kappa shape index (κ1) is 53.9. The number of azide groups is 2. The number of nitrogens with one attached hydrogen (secondary N) is 4. The van der Waals surface area contributed by atoms with Crippen molar-refractivity contribution in [1.29, 1.82) is 0 Å². The smallest absolute Gasteiger partial charge is 0.404 e. The Bertz CT molecular complexity index is 1140. The second-order valence-corrected chi connectivity index (χ2v) is 11.3. The van der Waals surface area contributed by atoms with Gasteiger partial charge < -0.3 is 73.7 Å². The molecule has 58 heavy (non-hydrogen) atoms. The number of ether oxygens (including phenoxy) is 10. The minimum atomic E-state index is -1.14. The molecule has 4 amide bonds. The van der Waals surface area contributed by atoms with Crippen molar-refractivity contribution in [2.24, 2.45) is 10.2 Å². The van der Waals surface area contributed by atoms with Crippen molar-refractivity contribution in [1.82, 2.24) is 21.3 Å². The number of carbonyl (C=O) groups is 4. The van der Waals surface area contributed by atoms with E-state index in [1.54, 1.807) is 0 Å². The molecule has 0 fully saturated rings. The SMILES string of the molecule is [N-]=[N+]=NCCOCCOCCOCCOCCNC(=O)CC[C@H](NC(=O)CCOCCOCCNC(=O)O)C(=O)NCCOCCOCCOCCOCCN=[N+]=[N-]. The third-order valence-corrected chi connectivity index (χ3v) is 6.82. The van der Waals surface area contributed by atoms with Crippen LogP contribution in [0.4, 0.5) is 4.79 Å². The summed E-state index contributed by atoms with van der Waals surface area (Å²) in [4.78, 5) is 53.8. The summed E-state index contributed by atoms with van der Waals surface area (Å²) in [5.74, 6) is -1.25. The first-order valence-electron chi connectivity index (χ1n) is 19.0. The number of rotatable bonds is 44. The molecule has 0 aliphatic rings. The monoisotopic (exact) mass is 838 g/mol. The Labute approximate surface area is 337 Å². The maximum atomic E-state index is 13.0. The Hall–Kier alpha value is -4.10. The molecule has 0 bridgehead atoms. The van der Waals surface area contributed by atoms with Gasteiger partial charge >= 0.3 is 6.09 Å². The quantitative estimate of drug-likeness (QED) is 0.0232. The number of hydrogen-bond donors (Lipinski definition) is 5. The molecule has 0 aromatic carbocycles. The van der Waals surface area contributed by atoms with E-state index in [0.717, 1.165) is 0 Å². The maximum Gasteiger partial charge on any atom is 0.404 e. The van der Waals surface area contributed by atoms with E-state index < -0.39 is 23.9 Å². The van der Waals surface area contributed by atoms with Crippen molar-refractivity contribution >= 4 is 23.8 Å². The first-order chi connectivity index (χ1) is 28.4. The molecule has 0 aromatic heterocycles. The normalized spacial score (nSPS) is 11.2. The fourth-order valence-corrected chi connectivity index (χ4v) is 4.07. The summed E-state index contributed by atoms with van der Waals surface area (Å²) in [5.41, 5.74) is 16.4. The van der Waals surface area contributed by atoms with Gasteiger partial charge in [-0.05, 0) is 17.5 Å². The summed E-state index contributed by atoms with van der Waals surface area (Å²) >= 11 is 0. The molecule has 334 valence electrons. The molecule has 0 saturated heterocycles. The van der Waals surface area contributed by atoms with Crippen LogP contribution in [0.5, 0.6) is 0 Å². The second kappa shape index (κ2) is 44.0. The van der Waals surface area contributed by atoms with Crippen LogP contribution in [0.1, 0.15) is 19.3 Å². The molecular weight excluding hydrogens is 776 g/mol. The van der Waals surface area contributed by atoms with Crippen molar-refractivity contribution in [3.63, 3.8) is 0 Å². The highest BCUT2D eigenvalue weighted by Crippen LogP contribution is 2.00. The Morgan fingerprint density at radius 1 is 0.466 bits per heavy atom. The van der Waals surface area contributed by atoms with Gasteiger partial charge in [-0.1, -0.05) is 10.2 Å². The van der Waals surface area contributed by atoms with Gasteiger partial charge in [0.15, 0.2) is 0 Å². The minimum absolute atomic E-state index is 0.0348. The van der Waals surface area contributed by atoms with Gasteiger partial charge in [0.1, 0.15) is 6.04 Å². The average molecular weight is 839 g/mol. The van der Waals surface area contributed by atoms with Crippen molar-refractivity contribution in [3.05, 3.63) is 20.9 Å². The molecule has 0 radical (unpaired) electrons. The second-order valence-electron chi connectivity index (χ2n) is 11.3. The van der Waals surface area contributed by atoms with Gasteiger partial charge in [-0.2, -0.15) is 0 Å². The van der Waals surface area contributed by atoms with E-state index in [1.165, 1.54) is 0 Å². The van der Waals surface area contributed by atoms with E-state index in [-0.39, 0.29) is 104 Å². The fraction of sp³-hybridized carbons (Fsp3) is 0.879. The number of carbonyl (C=O) groups excluding carboxylic acids is 3. The summed E-state index contributed by atoms with van der Waals surface area (Å²) in [5, 5.41) is 25.5. The predicted molar refractivity (Wildman–Crippen MR) is 204 cm³/mol. The van der Waals surface area contributed by atoms with Crippen molar-refractivity contribution in [3.8, 4) is 0 Å². The largest absolute Gasteiger partial charge is 0.465 e. The van der Waals surface area contributed by atoms with Gasteiger partial charge in [-0.3, -0.25) is 14.4 Å². The molecule has 1 atom stereocenters. The van der Waals surface area contributed by atoms with Gasteiger partial charge in [0.05, 0.1) is 132 Å². The lowest BCUT2D eigenvalue weighted by Crippen LogP contribution is -2.48. The van der Waals surface area contributed by atoms with Crippen LogP contribution in [0.3, 0.4) is 0 Å². The van der Waals surface area contributed by atoms with E-state index >= 15 is 0 Å². The van der Waals surface area contributed by atoms with Crippen LogP contribution < -0.4 is 21.3 Å². The first-order valence-corrected chi connectivity index (χ1v) is 19.0. The maximum absolute atomic E-state index is 13.0. The van der Waals surface area contributed by atoms with Crippen LogP contribution in [0.15, 0.2) is 10.2 Å². The molecular formula is C33H62N10O15. The van der Waals surface area contributed by atoms with Crippen molar-refractivity contribution < 1.29 is 71.7 Å². The van der Waals surface area contributed by atoms with Crippen molar-refractivity contribution in [2.45, 2.75) is 25.3 Å². The van der Waals surface area contributed by atoms with E-state index in [9.17, 15) is 19.2 Å². The van der Waals surface area contributed by atoms with Crippen LogP contribution in [0.25, 0.3) is 20.9 Å². The standard InChI is InChI=1S/C33H62N10O15/c34-42-39-7-13-53-19-23-57-27-25-55-21-17-50-10-4-36-30(44)2-1-29(41-31(45)3-9-49-15-16-52-12-6-38-33(47)48)32(46)37-5-11-51-18-22-56-26-28-58-24-20-54-14-8-40-43-35/h29,38H,1-28H2,(H,36,44)(H,37,46)(H,41,45)(H,47,48)/t29-/m0/s1. The Morgan fingerprint density at radius 2 is 0.828 bits per heavy atom. The third kappa shape index (κ3) is 41.5. The minimum Gasteiger partial charge on any atom is -0.465 e. The van der Waals surface area contributed by atoms with Gasteiger partial charge in [0, 0.05) is 55.4 Å². The lowest BCUT2D eigenvalue weighted by molar-refractivity contribution is -0.130. The highest BCUT2D eigenvalue weighted by molar-refractivity contribution is 5.88. The summed E-state index contributed by atoms with van der Waals surface area (Å²) in [6.45, 7) is 7.15. The molecule has 0 aromatic rings. The molecule has 0 aliphatic carbocycles. The van der Waals surface area contributed by atoms with Crippen LogP contribution in [-0.4, -0.2) is 200 Å². The molecule has 25 nitrogen and oxygen atoms in total. The molecule has 0 heterocycles. The van der Waals surface area contributed by atoms with Crippen LogP contribution >= 0.6 is 0 Å². The van der Waals surface area contributed by atoms with Crippen LogP contribution in [0, 0.1) is 0 Å². The van der Waals surface area contributed by atoms with E-state index in [4.69, 9.17) is 63.5 Å². The molecule has 0 unspecified atom stereocenters. The predicted octanol–water partition coefficient (Wildman–Crippen LogP) is -0.0719. The van der Waals surface area contributed by atoms with Crippen LogP contribution in [-0.2, 0) is 61.8 Å². The van der Waals surface area contributed by atoms with Gasteiger partial charge in [-0.25, -0.2) is 4.79 Å². The fourth-order valence-electron chi connectivity index (χ4n) is 4.07. The van der Waals surface area contributed by atoms with Crippen LogP contribution in [0.2, 0.25) is 0 Å². The average Bonchev–Trinajstić information content (AvgIpc) is 3.21. The molecule has 25 heteroatoms. The zero-order valence-electron chi connectivity index (χ0n) is 33.2. The third-order valence-electron chi connectivity index (χ3n) is 6.82. The van der Waals surface area contributed by atoms with Gasteiger partial charge in [-0.15, -0.1) is 0 Å². The van der Waals surface area contributed by atoms with Gasteiger partial charge in [0.25, 0.3) is 0 Å². The zero-order valence-corrected chi connectivity index (χ0v) is 33.2. The number of nitrogens with zero attached hydrogens (tertiary/aromatic N) is 6. The molecule has 0 saturated carbocycles. The lowest BCUT2D eigenvalue weighted by Gasteiger charge is -2.19. The number of hydrogen-bond acceptors (Lipinski definition) is 16. The Balaban J connectivity index is 4.30. The zero-order chi connectivity index (χ0) is 42.4. The molecule has 0 aliphatic heterocycles.